The van der Waals surface area contributed by atoms with E-state index in [1.165, 1.54) is 11.3 Å². The van der Waals surface area contributed by atoms with Crippen molar-refractivity contribution < 1.29 is 9.47 Å². The van der Waals surface area contributed by atoms with Crippen molar-refractivity contribution in [3.05, 3.63) is 47.4 Å². The zero-order chi connectivity index (χ0) is 14.9. The zero-order valence-electron chi connectivity index (χ0n) is 13.3. The Morgan fingerprint density at radius 1 is 1.30 bits per heavy atom. The van der Waals surface area contributed by atoms with Crippen LogP contribution >= 0.6 is 0 Å². The zero-order valence-corrected chi connectivity index (χ0v) is 13.3. The summed E-state index contributed by atoms with van der Waals surface area (Å²) in [4.78, 5) is 2.32. The van der Waals surface area contributed by atoms with Gasteiger partial charge in [-0.15, -0.1) is 0 Å². The molecule has 0 saturated heterocycles. The van der Waals surface area contributed by atoms with Gasteiger partial charge in [0.05, 0.1) is 18.9 Å². The molecule has 2 rings (SSSR count). The van der Waals surface area contributed by atoms with Gasteiger partial charge in [-0.2, -0.15) is 0 Å². The molecule has 0 fully saturated rings. The number of fused-ring (bicyclic) bond motifs is 1. The topological polar surface area (TPSA) is 21.7 Å². The van der Waals surface area contributed by atoms with E-state index in [2.05, 4.69) is 56.2 Å². The summed E-state index contributed by atoms with van der Waals surface area (Å²) >= 11 is 0. The highest BCUT2D eigenvalue weighted by Crippen LogP contribution is 2.44. The molecular weight excluding hydrogens is 250 g/mol. The van der Waals surface area contributed by atoms with Gasteiger partial charge >= 0.3 is 0 Å². The molecule has 3 atom stereocenters. The van der Waals surface area contributed by atoms with Crippen molar-refractivity contribution in [3.8, 4) is 0 Å². The largest absolute Gasteiger partial charge is 0.501 e. The van der Waals surface area contributed by atoms with Crippen LogP contribution < -0.4 is 0 Å². The van der Waals surface area contributed by atoms with Crippen LogP contribution in [-0.2, 0) is 9.47 Å². The van der Waals surface area contributed by atoms with Gasteiger partial charge in [0.1, 0.15) is 5.60 Å². The van der Waals surface area contributed by atoms with E-state index >= 15 is 0 Å². The number of hydrogen-bond acceptors (Lipinski definition) is 3. The molecule has 3 nitrogen and oxygen atoms in total. The molecule has 0 N–H and O–H groups in total. The van der Waals surface area contributed by atoms with Gasteiger partial charge in [-0.1, -0.05) is 24.3 Å². The highest BCUT2D eigenvalue weighted by Gasteiger charge is 2.46. The van der Waals surface area contributed by atoms with Gasteiger partial charge in [0.15, 0.2) is 0 Å². The summed E-state index contributed by atoms with van der Waals surface area (Å²) in [6.07, 6.45) is 10.8. The number of rotatable bonds is 3. The number of hydrogen-bond donors (Lipinski definition) is 0. The van der Waals surface area contributed by atoms with Gasteiger partial charge in [0.2, 0.25) is 0 Å². The van der Waals surface area contributed by atoms with Crippen LogP contribution in [0, 0.1) is 5.92 Å². The summed E-state index contributed by atoms with van der Waals surface area (Å²) in [5, 5.41) is 0. The van der Waals surface area contributed by atoms with Crippen molar-refractivity contribution in [2.24, 2.45) is 5.92 Å². The van der Waals surface area contributed by atoms with Crippen LogP contribution in [0.3, 0.4) is 0 Å². The van der Waals surface area contributed by atoms with Gasteiger partial charge in [0, 0.05) is 31.3 Å². The SMILES string of the molecule is CO/C(C)=C/C1=C(C)N(C)C2C=CC=CC2C1(C)OC. The summed E-state index contributed by atoms with van der Waals surface area (Å²) in [6, 6.07) is 0.338. The van der Waals surface area contributed by atoms with Gasteiger partial charge in [-0.05, 0) is 26.8 Å². The minimum atomic E-state index is -0.345. The van der Waals surface area contributed by atoms with Crippen LogP contribution in [0.2, 0.25) is 0 Å². The first-order valence-corrected chi connectivity index (χ1v) is 7.02. The Hall–Kier alpha value is -1.48. The lowest BCUT2D eigenvalue weighted by molar-refractivity contribution is -0.0259. The maximum atomic E-state index is 5.96. The van der Waals surface area contributed by atoms with Crippen molar-refractivity contribution in [3.63, 3.8) is 0 Å². The number of nitrogens with zero attached hydrogens (tertiary/aromatic N) is 1. The first kappa shape index (κ1) is 14.9. The molecule has 1 heterocycles. The molecule has 3 unspecified atom stereocenters. The monoisotopic (exact) mass is 275 g/mol. The van der Waals surface area contributed by atoms with Crippen molar-refractivity contribution in [2.45, 2.75) is 32.4 Å². The summed E-state index contributed by atoms with van der Waals surface area (Å²) in [6.45, 7) is 6.28. The first-order valence-electron chi connectivity index (χ1n) is 7.02. The maximum absolute atomic E-state index is 5.96. The van der Waals surface area contributed by atoms with E-state index in [0.29, 0.717) is 12.0 Å². The molecule has 0 radical (unpaired) electrons. The second kappa shape index (κ2) is 5.49. The molecule has 0 aromatic rings. The third-order valence-corrected chi connectivity index (χ3v) is 4.74. The fraction of sp³-hybridized carbons (Fsp3) is 0.529. The molecule has 110 valence electrons. The van der Waals surface area contributed by atoms with E-state index in [1.54, 1.807) is 14.2 Å². The lowest BCUT2D eigenvalue weighted by atomic mass is 9.72. The lowest BCUT2D eigenvalue weighted by Gasteiger charge is -2.50. The molecule has 0 aromatic heterocycles. The second-order valence-electron chi connectivity index (χ2n) is 5.67. The predicted octanol–water partition coefficient (Wildman–Crippen LogP) is 3.27. The van der Waals surface area contributed by atoms with E-state index in [0.717, 1.165) is 5.76 Å². The summed E-state index contributed by atoms with van der Waals surface area (Å²) < 4.78 is 11.3. The number of ether oxygens (including phenoxy) is 2. The molecule has 1 aliphatic heterocycles. The molecule has 20 heavy (non-hydrogen) atoms. The smallest absolute Gasteiger partial charge is 0.100 e. The first-order chi connectivity index (χ1) is 9.45. The molecule has 3 heteroatoms. The average molecular weight is 275 g/mol. The highest BCUT2D eigenvalue weighted by atomic mass is 16.5. The molecule has 0 spiro atoms. The van der Waals surface area contributed by atoms with Gasteiger partial charge < -0.3 is 14.4 Å². The Balaban J connectivity index is 2.58. The minimum Gasteiger partial charge on any atom is -0.501 e. The van der Waals surface area contributed by atoms with Gasteiger partial charge in [0.25, 0.3) is 0 Å². The number of allylic oxidation sites excluding steroid dienone is 4. The van der Waals surface area contributed by atoms with Crippen molar-refractivity contribution in [2.75, 3.05) is 21.3 Å². The van der Waals surface area contributed by atoms with E-state index in [9.17, 15) is 0 Å². The van der Waals surface area contributed by atoms with Crippen LogP contribution in [0.4, 0.5) is 0 Å². The van der Waals surface area contributed by atoms with Crippen molar-refractivity contribution in [1.29, 1.82) is 0 Å². The fourth-order valence-corrected chi connectivity index (χ4v) is 3.18. The summed E-state index contributed by atoms with van der Waals surface area (Å²) in [5.74, 6) is 1.19. The Kier molecular flexibility index (Phi) is 4.09. The normalized spacial score (nSPS) is 33.5. The third-order valence-electron chi connectivity index (χ3n) is 4.74. The molecule has 0 saturated carbocycles. The third kappa shape index (κ3) is 2.20. The Bertz CT molecular complexity index is 501. The standard InChI is InChI=1S/C17H25NO2/c1-12(19-5)11-15-13(2)18(4)16-10-8-7-9-14(16)17(15,3)20-6/h7-11,14,16H,1-6H3/b12-11+. The van der Waals surface area contributed by atoms with Crippen LogP contribution in [-0.4, -0.2) is 37.8 Å². The Morgan fingerprint density at radius 2 is 1.95 bits per heavy atom. The lowest BCUT2D eigenvalue weighted by Crippen LogP contribution is -2.54. The number of methoxy groups -OCH3 is 2. The molecule has 0 amide bonds. The van der Waals surface area contributed by atoms with E-state index in [4.69, 9.17) is 9.47 Å². The number of likely N-dealkylation sites (N-methyl/N-ethyl adjacent to an activating group) is 1. The fourth-order valence-electron chi connectivity index (χ4n) is 3.18. The van der Waals surface area contributed by atoms with Crippen LogP contribution in [0.1, 0.15) is 20.8 Å². The molecular formula is C17H25NO2. The van der Waals surface area contributed by atoms with Crippen LogP contribution in [0.25, 0.3) is 0 Å². The van der Waals surface area contributed by atoms with E-state index < -0.39 is 0 Å². The van der Waals surface area contributed by atoms with Crippen molar-refractivity contribution in [1.82, 2.24) is 4.90 Å². The van der Waals surface area contributed by atoms with Crippen molar-refractivity contribution >= 4 is 0 Å². The average Bonchev–Trinajstić information content (AvgIpc) is 2.49. The summed E-state index contributed by atoms with van der Waals surface area (Å²) in [7, 11) is 5.63. The van der Waals surface area contributed by atoms with Gasteiger partial charge in [-0.25, -0.2) is 0 Å². The Labute approximate surface area is 122 Å². The Morgan fingerprint density at radius 3 is 2.55 bits per heavy atom. The molecule has 1 aliphatic carbocycles. The predicted molar refractivity (Wildman–Crippen MR) is 82.2 cm³/mol. The van der Waals surface area contributed by atoms with Crippen LogP contribution in [0.5, 0.6) is 0 Å². The quantitative estimate of drug-likeness (QED) is 0.738. The highest BCUT2D eigenvalue weighted by molar-refractivity contribution is 5.42. The maximum Gasteiger partial charge on any atom is 0.100 e. The molecule has 2 aliphatic rings. The van der Waals surface area contributed by atoms with E-state index in [1.807, 2.05) is 6.92 Å². The second-order valence-corrected chi connectivity index (χ2v) is 5.67. The van der Waals surface area contributed by atoms with Gasteiger partial charge in [-0.3, -0.25) is 0 Å². The molecule has 0 bridgehead atoms. The van der Waals surface area contributed by atoms with E-state index in [-0.39, 0.29) is 5.60 Å². The minimum absolute atomic E-state index is 0.294. The van der Waals surface area contributed by atoms with Crippen LogP contribution in [0.15, 0.2) is 47.4 Å². The molecule has 0 aromatic carbocycles. The summed E-state index contributed by atoms with van der Waals surface area (Å²) in [5.41, 5.74) is 2.07.